The van der Waals surface area contributed by atoms with Crippen LogP contribution in [0.15, 0.2) is 18.2 Å². The number of rotatable bonds is 2. The van der Waals surface area contributed by atoms with Gasteiger partial charge < -0.3 is 10.2 Å². The summed E-state index contributed by atoms with van der Waals surface area (Å²) in [6, 6.07) is 8.63. The number of hydrogen-bond donors (Lipinski definition) is 1. The van der Waals surface area contributed by atoms with Gasteiger partial charge in [-0.2, -0.15) is 5.26 Å². The van der Waals surface area contributed by atoms with Crippen molar-refractivity contribution < 1.29 is 0 Å². The van der Waals surface area contributed by atoms with Gasteiger partial charge in [0.25, 0.3) is 0 Å². The summed E-state index contributed by atoms with van der Waals surface area (Å²) in [5.74, 6) is 0.606. The summed E-state index contributed by atoms with van der Waals surface area (Å²) in [4.78, 5) is 2.37. The van der Waals surface area contributed by atoms with Crippen LogP contribution in [0.4, 0.5) is 5.69 Å². The second kappa shape index (κ2) is 5.41. The Hall–Kier alpha value is -1.53. The number of aryl methyl sites for hydroxylation is 1. The normalized spacial score (nSPS) is 24.6. The first-order valence-electron chi connectivity index (χ1n) is 6.56. The molecule has 1 aromatic carbocycles. The Balaban J connectivity index is 2.17. The first-order chi connectivity index (χ1) is 8.61. The molecule has 1 aliphatic heterocycles. The highest BCUT2D eigenvalue weighted by atomic mass is 15.1. The van der Waals surface area contributed by atoms with Crippen molar-refractivity contribution in [2.75, 3.05) is 25.5 Å². The highest BCUT2D eigenvalue weighted by Gasteiger charge is 2.24. The largest absolute Gasteiger partial charge is 0.381 e. The van der Waals surface area contributed by atoms with Crippen LogP contribution in [0.25, 0.3) is 0 Å². The van der Waals surface area contributed by atoms with Gasteiger partial charge in [-0.1, -0.05) is 19.1 Å². The lowest BCUT2D eigenvalue weighted by Crippen LogP contribution is -2.43. The molecule has 3 heteroatoms. The second-order valence-electron chi connectivity index (χ2n) is 5.39. The van der Waals surface area contributed by atoms with E-state index in [9.17, 15) is 5.26 Å². The Morgan fingerprint density at radius 1 is 1.44 bits per heavy atom. The summed E-state index contributed by atoms with van der Waals surface area (Å²) in [5, 5.41) is 12.8. The maximum atomic E-state index is 9.18. The molecule has 1 heterocycles. The first kappa shape index (κ1) is 12.9. The minimum absolute atomic E-state index is 0.467. The lowest BCUT2D eigenvalue weighted by Gasteiger charge is -2.36. The van der Waals surface area contributed by atoms with E-state index in [1.54, 1.807) is 0 Å². The highest BCUT2D eigenvalue weighted by molar-refractivity contribution is 5.62. The van der Waals surface area contributed by atoms with Gasteiger partial charge in [0.05, 0.1) is 11.3 Å². The van der Waals surface area contributed by atoms with E-state index in [-0.39, 0.29) is 0 Å². The number of benzene rings is 1. The molecule has 0 saturated carbocycles. The van der Waals surface area contributed by atoms with Gasteiger partial charge in [-0.15, -0.1) is 0 Å². The molecule has 96 valence electrons. The smallest absolute Gasteiger partial charge is 0.101 e. The molecule has 0 radical (unpaired) electrons. The molecule has 0 aliphatic carbocycles. The molecule has 0 spiro atoms. The van der Waals surface area contributed by atoms with E-state index in [1.807, 2.05) is 12.1 Å². The zero-order valence-corrected chi connectivity index (χ0v) is 11.4. The Bertz CT molecular complexity index is 461. The summed E-state index contributed by atoms with van der Waals surface area (Å²) in [6.45, 7) is 6.57. The number of nitriles is 1. The predicted molar refractivity (Wildman–Crippen MR) is 74.6 cm³/mol. The van der Waals surface area contributed by atoms with E-state index in [4.69, 9.17) is 0 Å². The summed E-state index contributed by atoms with van der Waals surface area (Å²) in [7, 11) is 2.17. The molecule has 2 rings (SSSR count). The molecule has 0 amide bonds. The zero-order chi connectivity index (χ0) is 13.1. The topological polar surface area (TPSA) is 39.1 Å². The van der Waals surface area contributed by atoms with Crippen LogP contribution < -0.4 is 5.32 Å². The fourth-order valence-corrected chi connectivity index (χ4v) is 2.71. The number of likely N-dealkylation sites (tertiary alicyclic amines) is 1. The van der Waals surface area contributed by atoms with E-state index in [1.165, 1.54) is 0 Å². The van der Waals surface area contributed by atoms with Crippen molar-refractivity contribution in [3.8, 4) is 6.07 Å². The molecule has 2 atom stereocenters. The molecular weight excluding hydrogens is 222 g/mol. The van der Waals surface area contributed by atoms with Crippen molar-refractivity contribution in [1.82, 2.24) is 4.90 Å². The van der Waals surface area contributed by atoms with Gasteiger partial charge in [0.2, 0.25) is 0 Å². The number of piperidine rings is 1. The Labute approximate surface area is 109 Å². The number of nitrogens with zero attached hydrogens (tertiary/aromatic N) is 2. The molecule has 1 saturated heterocycles. The molecule has 2 unspecified atom stereocenters. The Kier molecular flexibility index (Phi) is 3.88. The lowest BCUT2D eigenvalue weighted by atomic mass is 9.93. The summed E-state index contributed by atoms with van der Waals surface area (Å²) in [5.41, 5.74) is 2.92. The molecule has 1 aliphatic rings. The summed E-state index contributed by atoms with van der Waals surface area (Å²) >= 11 is 0. The predicted octanol–water partition coefficient (Wildman–Crippen LogP) is 2.62. The standard InChI is InChI=1S/C15H21N3/c1-11-5-4-6-13(9-16)15(11)17-14-7-8-18(3)10-12(14)2/h4-6,12,14,17H,7-8,10H2,1-3H3. The third-order valence-corrected chi connectivity index (χ3v) is 3.83. The molecule has 1 aromatic rings. The van der Waals surface area contributed by atoms with Crippen LogP contribution in [0.3, 0.4) is 0 Å². The van der Waals surface area contributed by atoms with Crippen LogP contribution in [0.1, 0.15) is 24.5 Å². The van der Waals surface area contributed by atoms with E-state index in [0.29, 0.717) is 12.0 Å². The quantitative estimate of drug-likeness (QED) is 0.868. The summed E-state index contributed by atoms with van der Waals surface area (Å²) < 4.78 is 0. The van der Waals surface area contributed by atoms with Crippen molar-refractivity contribution in [2.24, 2.45) is 5.92 Å². The molecule has 3 nitrogen and oxygen atoms in total. The average Bonchev–Trinajstić information content (AvgIpc) is 2.34. The van der Waals surface area contributed by atoms with Crippen molar-refractivity contribution in [3.05, 3.63) is 29.3 Å². The van der Waals surface area contributed by atoms with Crippen LogP contribution in [0.2, 0.25) is 0 Å². The third-order valence-electron chi connectivity index (χ3n) is 3.83. The van der Waals surface area contributed by atoms with Gasteiger partial charge in [0.1, 0.15) is 6.07 Å². The third kappa shape index (κ3) is 2.65. The van der Waals surface area contributed by atoms with Crippen LogP contribution in [0, 0.1) is 24.2 Å². The molecule has 0 aromatic heterocycles. The van der Waals surface area contributed by atoms with E-state index >= 15 is 0 Å². The maximum absolute atomic E-state index is 9.18. The van der Waals surface area contributed by atoms with E-state index in [2.05, 4.69) is 43.2 Å². The van der Waals surface area contributed by atoms with Crippen molar-refractivity contribution in [3.63, 3.8) is 0 Å². The van der Waals surface area contributed by atoms with Gasteiger partial charge >= 0.3 is 0 Å². The van der Waals surface area contributed by atoms with Gasteiger partial charge in [-0.3, -0.25) is 0 Å². The van der Waals surface area contributed by atoms with Crippen LogP contribution in [0.5, 0.6) is 0 Å². The SMILES string of the molecule is Cc1cccc(C#N)c1NC1CCN(C)CC1C. The lowest BCUT2D eigenvalue weighted by molar-refractivity contribution is 0.206. The zero-order valence-electron chi connectivity index (χ0n) is 11.4. The maximum Gasteiger partial charge on any atom is 0.101 e. The monoisotopic (exact) mass is 243 g/mol. The highest BCUT2D eigenvalue weighted by Crippen LogP contribution is 2.25. The molecule has 18 heavy (non-hydrogen) atoms. The van der Waals surface area contributed by atoms with Crippen molar-refractivity contribution in [2.45, 2.75) is 26.3 Å². The van der Waals surface area contributed by atoms with Crippen molar-refractivity contribution >= 4 is 5.69 Å². The minimum Gasteiger partial charge on any atom is -0.381 e. The summed E-state index contributed by atoms with van der Waals surface area (Å²) in [6.07, 6.45) is 1.14. The number of nitrogens with one attached hydrogen (secondary N) is 1. The Morgan fingerprint density at radius 2 is 2.22 bits per heavy atom. The molecule has 0 bridgehead atoms. The van der Waals surface area contributed by atoms with Crippen LogP contribution in [-0.2, 0) is 0 Å². The molecular formula is C15H21N3. The van der Waals surface area contributed by atoms with Gasteiger partial charge in [0, 0.05) is 12.6 Å². The van der Waals surface area contributed by atoms with Gasteiger partial charge in [0.15, 0.2) is 0 Å². The van der Waals surface area contributed by atoms with Crippen LogP contribution in [-0.4, -0.2) is 31.1 Å². The average molecular weight is 243 g/mol. The second-order valence-corrected chi connectivity index (χ2v) is 5.39. The molecule has 1 N–H and O–H groups in total. The number of hydrogen-bond acceptors (Lipinski definition) is 3. The van der Waals surface area contributed by atoms with Crippen molar-refractivity contribution in [1.29, 1.82) is 5.26 Å². The number of anilines is 1. The van der Waals surface area contributed by atoms with E-state index < -0.39 is 0 Å². The van der Waals surface area contributed by atoms with Gasteiger partial charge in [-0.25, -0.2) is 0 Å². The minimum atomic E-state index is 0.467. The fraction of sp³-hybridized carbons (Fsp3) is 0.533. The van der Waals surface area contributed by atoms with Gasteiger partial charge in [-0.05, 0) is 44.5 Å². The van der Waals surface area contributed by atoms with E-state index in [0.717, 1.165) is 36.3 Å². The number of para-hydroxylation sites is 1. The molecule has 1 fully saturated rings. The first-order valence-corrected chi connectivity index (χ1v) is 6.56. The van der Waals surface area contributed by atoms with Crippen LogP contribution >= 0.6 is 0 Å². The fourth-order valence-electron chi connectivity index (χ4n) is 2.71. The Morgan fingerprint density at radius 3 is 2.89 bits per heavy atom.